The minimum absolute atomic E-state index is 0.169. The van der Waals surface area contributed by atoms with Gasteiger partial charge in [-0.15, -0.1) is 11.3 Å². The summed E-state index contributed by atoms with van der Waals surface area (Å²) in [5.74, 6) is 0. The van der Waals surface area contributed by atoms with Crippen molar-refractivity contribution in [3.8, 4) is 0 Å². The van der Waals surface area contributed by atoms with Gasteiger partial charge in [-0.25, -0.2) is 0 Å². The minimum Gasteiger partial charge on any atom is -0.392 e. The molecule has 1 aliphatic rings. The molecule has 1 fully saturated rings. The van der Waals surface area contributed by atoms with Crippen molar-refractivity contribution in [2.45, 2.75) is 63.6 Å². The summed E-state index contributed by atoms with van der Waals surface area (Å²) in [6.07, 6.45) is -2.68. The number of hydrogen-bond acceptors (Lipinski definition) is 7. The highest BCUT2D eigenvalue weighted by Crippen LogP contribution is 2.43. The lowest BCUT2D eigenvalue weighted by atomic mass is 9.93. The van der Waals surface area contributed by atoms with Crippen LogP contribution < -0.4 is 0 Å². The van der Waals surface area contributed by atoms with Gasteiger partial charge in [-0.05, 0) is 28.3 Å². The van der Waals surface area contributed by atoms with E-state index < -0.39 is 30.5 Å². The van der Waals surface area contributed by atoms with E-state index in [0.717, 1.165) is 27.1 Å². The number of thiophene rings is 1. The van der Waals surface area contributed by atoms with E-state index in [4.69, 9.17) is 35.3 Å². The summed E-state index contributed by atoms with van der Waals surface area (Å²) in [5, 5.41) is 9.99. The fourth-order valence-electron chi connectivity index (χ4n) is 5.69. The molecule has 6 rings (SSSR count). The molecule has 0 bridgehead atoms. The first-order valence-electron chi connectivity index (χ1n) is 15.8. The van der Waals surface area contributed by atoms with Crippen molar-refractivity contribution < 1.29 is 28.8 Å². The molecule has 0 amide bonds. The quantitative estimate of drug-likeness (QED) is 0.121. The second kappa shape index (κ2) is 17.2. The molecule has 1 aromatic heterocycles. The minimum atomic E-state index is -0.564. The summed E-state index contributed by atoms with van der Waals surface area (Å²) in [4.78, 5) is 0.847. The van der Waals surface area contributed by atoms with E-state index in [9.17, 15) is 5.11 Å². The first-order chi connectivity index (χ1) is 23.2. The monoisotopic (exact) mass is 670 g/mol. The highest BCUT2D eigenvalue weighted by molar-refractivity contribution is 7.16. The van der Waals surface area contributed by atoms with E-state index in [2.05, 4.69) is 0 Å². The zero-order valence-electron chi connectivity index (χ0n) is 26.0. The highest BCUT2D eigenvalue weighted by Gasteiger charge is 2.49. The van der Waals surface area contributed by atoms with Crippen molar-refractivity contribution in [1.29, 1.82) is 0 Å². The molecule has 0 spiro atoms. The van der Waals surface area contributed by atoms with Gasteiger partial charge in [0, 0.05) is 10.4 Å². The lowest BCUT2D eigenvalue weighted by molar-refractivity contribution is -0.274. The van der Waals surface area contributed by atoms with Gasteiger partial charge in [-0.3, -0.25) is 0 Å². The van der Waals surface area contributed by atoms with Crippen molar-refractivity contribution in [1.82, 2.24) is 0 Å². The van der Waals surface area contributed by atoms with Crippen molar-refractivity contribution in [2.24, 2.45) is 0 Å². The first kappa shape index (κ1) is 33.5. The molecule has 5 atom stereocenters. The standard InChI is InChI=1S/C39H39ClO6S/c40-39-32(22-41)21-34(47-39)36-38(45-26-31-19-11-4-12-20-31)37(44-25-30-17-9-3-10-18-30)35(43-24-29-15-7-2-8-16-29)33(46-36)27-42-23-28-13-5-1-6-14-28/h1-21,33,35-38,41H,22-27H2. The average molecular weight is 671 g/mol. The number of hydrogen-bond donors (Lipinski definition) is 1. The van der Waals surface area contributed by atoms with Gasteiger partial charge in [-0.1, -0.05) is 133 Å². The summed E-state index contributed by atoms with van der Waals surface area (Å²) < 4.78 is 34.0. The van der Waals surface area contributed by atoms with Gasteiger partial charge < -0.3 is 28.8 Å². The number of ether oxygens (including phenoxy) is 5. The summed E-state index contributed by atoms with van der Waals surface area (Å²) in [7, 11) is 0. The van der Waals surface area contributed by atoms with Crippen LogP contribution in [-0.2, 0) is 56.7 Å². The number of aliphatic hydroxyl groups excluding tert-OH is 1. The lowest BCUT2D eigenvalue weighted by Crippen LogP contribution is -2.58. The molecule has 5 aromatic rings. The van der Waals surface area contributed by atoms with E-state index in [1.807, 2.05) is 127 Å². The topological polar surface area (TPSA) is 66.4 Å². The maximum atomic E-state index is 9.99. The van der Waals surface area contributed by atoms with Crippen molar-refractivity contribution in [3.63, 3.8) is 0 Å². The Morgan fingerprint density at radius 2 is 1.04 bits per heavy atom. The van der Waals surface area contributed by atoms with Crippen LogP contribution in [0.4, 0.5) is 0 Å². The largest absolute Gasteiger partial charge is 0.392 e. The average Bonchev–Trinajstić information content (AvgIpc) is 3.51. The fraction of sp³-hybridized carbons (Fsp3) is 0.282. The summed E-state index contributed by atoms with van der Waals surface area (Å²) in [5.41, 5.74) is 4.83. The van der Waals surface area contributed by atoms with Crippen LogP contribution in [0.2, 0.25) is 4.34 Å². The molecule has 47 heavy (non-hydrogen) atoms. The molecule has 8 heteroatoms. The molecule has 244 valence electrons. The Balaban J connectivity index is 1.35. The molecule has 4 aromatic carbocycles. The van der Waals surface area contributed by atoms with E-state index in [1.165, 1.54) is 11.3 Å². The molecule has 6 nitrogen and oxygen atoms in total. The smallest absolute Gasteiger partial charge is 0.121 e. The zero-order valence-corrected chi connectivity index (χ0v) is 27.6. The molecular weight excluding hydrogens is 632 g/mol. The molecule has 5 unspecified atom stereocenters. The van der Waals surface area contributed by atoms with Crippen LogP contribution in [0.5, 0.6) is 0 Å². The van der Waals surface area contributed by atoms with Crippen LogP contribution in [-0.4, -0.2) is 36.1 Å². The van der Waals surface area contributed by atoms with Crippen molar-refractivity contribution in [3.05, 3.63) is 164 Å². The SMILES string of the molecule is OCc1cc(C2OC(COCc3ccccc3)C(OCc3ccccc3)C(OCc3ccccc3)C2OCc2ccccc2)sc1Cl. The molecule has 1 N–H and O–H groups in total. The van der Waals surface area contributed by atoms with Crippen molar-refractivity contribution >= 4 is 22.9 Å². The van der Waals surface area contributed by atoms with Crippen LogP contribution in [0.3, 0.4) is 0 Å². The Hall–Kier alpha value is -3.37. The number of benzene rings is 4. The van der Waals surface area contributed by atoms with Crippen LogP contribution >= 0.6 is 22.9 Å². The number of aliphatic hydroxyl groups is 1. The molecule has 2 heterocycles. The van der Waals surface area contributed by atoms with E-state index in [-0.39, 0.29) is 13.2 Å². The predicted molar refractivity (Wildman–Crippen MR) is 184 cm³/mol. The summed E-state index contributed by atoms with van der Waals surface area (Å²) in [6.45, 7) is 1.61. The Labute approximate surface area is 285 Å². The van der Waals surface area contributed by atoms with Gasteiger partial charge >= 0.3 is 0 Å². The molecule has 0 aliphatic carbocycles. The third kappa shape index (κ3) is 9.16. The highest BCUT2D eigenvalue weighted by atomic mass is 35.5. The van der Waals surface area contributed by atoms with Crippen LogP contribution in [0.1, 0.15) is 38.8 Å². The first-order valence-corrected chi connectivity index (χ1v) is 17.0. The molecule has 1 aliphatic heterocycles. The summed E-state index contributed by atoms with van der Waals surface area (Å²) in [6, 6.07) is 42.2. The van der Waals surface area contributed by atoms with Crippen LogP contribution in [0.15, 0.2) is 127 Å². The van der Waals surface area contributed by atoms with Gasteiger partial charge in [0.05, 0.1) is 44.0 Å². The fourth-order valence-corrected chi connectivity index (χ4v) is 7.04. The number of halogens is 1. The van der Waals surface area contributed by atoms with E-state index in [0.29, 0.717) is 36.3 Å². The van der Waals surface area contributed by atoms with E-state index >= 15 is 0 Å². The van der Waals surface area contributed by atoms with Gasteiger partial charge in [0.15, 0.2) is 0 Å². The van der Waals surface area contributed by atoms with Crippen LogP contribution in [0.25, 0.3) is 0 Å². The van der Waals surface area contributed by atoms with Gasteiger partial charge in [-0.2, -0.15) is 0 Å². The predicted octanol–water partition coefficient (Wildman–Crippen LogP) is 8.31. The third-order valence-corrected chi connectivity index (χ3v) is 9.61. The Bertz CT molecular complexity index is 1620. The Morgan fingerprint density at radius 1 is 0.596 bits per heavy atom. The summed E-state index contributed by atoms with van der Waals surface area (Å²) >= 11 is 7.96. The van der Waals surface area contributed by atoms with Gasteiger partial charge in [0.1, 0.15) is 30.5 Å². The molecule has 1 saturated heterocycles. The molecule has 0 radical (unpaired) electrons. The molecular formula is C39H39ClO6S. The van der Waals surface area contributed by atoms with Gasteiger partial charge in [0.2, 0.25) is 0 Å². The van der Waals surface area contributed by atoms with Crippen LogP contribution in [0, 0.1) is 0 Å². The Morgan fingerprint density at radius 3 is 1.51 bits per heavy atom. The molecule has 0 saturated carbocycles. The zero-order chi connectivity index (χ0) is 32.3. The maximum Gasteiger partial charge on any atom is 0.121 e. The van der Waals surface area contributed by atoms with E-state index in [1.54, 1.807) is 0 Å². The number of rotatable bonds is 15. The van der Waals surface area contributed by atoms with Crippen molar-refractivity contribution in [2.75, 3.05) is 6.61 Å². The third-order valence-electron chi connectivity index (χ3n) is 8.11. The second-order valence-corrected chi connectivity index (χ2v) is 13.2. The second-order valence-electron chi connectivity index (χ2n) is 11.5. The Kier molecular flexibility index (Phi) is 12.2. The normalized spacial score (nSPS) is 21.1. The van der Waals surface area contributed by atoms with Gasteiger partial charge in [0.25, 0.3) is 0 Å². The lowest BCUT2D eigenvalue weighted by Gasteiger charge is -2.46. The maximum absolute atomic E-state index is 9.99.